The van der Waals surface area contributed by atoms with E-state index in [0.29, 0.717) is 36.7 Å². The third kappa shape index (κ3) is 6.58. The Kier molecular flexibility index (Phi) is 9.04. The van der Waals surface area contributed by atoms with Crippen molar-refractivity contribution in [3.05, 3.63) is 76.1 Å². The van der Waals surface area contributed by atoms with Gasteiger partial charge in [-0.05, 0) is 61.6 Å². The van der Waals surface area contributed by atoms with Crippen molar-refractivity contribution in [3.8, 4) is 11.8 Å². The minimum Gasteiger partial charge on any atom is -0.385 e. The lowest BCUT2D eigenvalue weighted by molar-refractivity contribution is -0.213. The Bertz CT molecular complexity index is 2420. The Morgan fingerprint density at radius 2 is 1.82 bits per heavy atom. The third-order valence-corrected chi connectivity index (χ3v) is 11.9. The number of amides is 5. The number of nitrogens with zero attached hydrogens (tertiary/aromatic N) is 7. The second-order valence-electron chi connectivity index (χ2n) is 15.3. The topological polar surface area (TPSA) is 148 Å². The van der Waals surface area contributed by atoms with Crippen molar-refractivity contribution in [3.63, 3.8) is 0 Å². The molecular weight excluding hydrogens is 758 g/mol. The molecule has 0 radical (unpaired) electrons. The Hall–Kier alpha value is -5.79. The lowest BCUT2D eigenvalue weighted by Crippen LogP contribution is -2.71. The van der Waals surface area contributed by atoms with Gasteiger partial charge in [-0.25, -0.2) is 23.1 Å². The standard InChI is InChI=1S/C40H39ClF2N10O4/c1-44-29-19-33(48-53-32(20-45-35(29)53)36(55)46-26-8-9-26)51-15-11-27-24(4-2-6-30(27)51)5-3-14-49-17-13-39(40(42,43)23-49)21-50(22-39)37(56)25-7-10-28(41)31(18-25)52-16-12-34(54)47-38(52)57/h2,4,6-7,10,18-20,26,44H,8-9,11-17,21-23H2,1H3,(H,46,55)(H,47,54,57). The molecule has 3 N–H and O–H groups in total. The van der Waals surface area contributed by atoms with E-state index >= 15 is 8.78 Å². The predicted molar refractivity (Wildman–Crippen MR) is 208 cm³/mol. The SMILES string of the molecule is CNc1cc(N2CCc3c(C#CCN4CCC5(CN(C(=O)c6ccc(Cl)c(N7CCC(=O)NC7=O)c6)C5)C(F)(F)C4)cccc32)nn2c(C(=O)NC3CC3)cnc12. The van der Waals surface area contributed by atoms with Crippen LogP contribution in [0.2, 0.25) is 5.02 Å². The van der Waals surface area contributed by atoms with E-state index in [4.69, 9.17) is 16.7 Å². The molecule has 5 amide bonds. The first-order chi connectivity index (χ1) is 27.4. The molecule has 9 rings (SSSR count). The summed E-state index contributed by atoms with van der Waals surface area (Å²) in [5.41, 5.74) is 3.63. The van der Waals surface area contributed by atoms with E-state index in [1.54, 1.807) is 22.7 Å². The normalized spacial score (nSPS) is 19.8. The molecule has 0 bridgehead atoms. The van der Waals surface area contributed by atoms with E-state index in [-0.39, 0.29) is 67.2 Å². The maximum Gasteiger partial charge on any atom is 0.328 e. The lowest BCUT2D eigenvalue weighted by Gasteiger charge is -2.57. The summed E-state index contributed by atoms with van der Waals surface area (Å²) in [6, 6.07) is 11.8. The van der Waals surface area contributed by atoms with E-state index < -0.39 is 35.7 Å². The number of carbonyl (C=O) groups is 4. The van der Waals surface area contributed by atoms with Gasteiger partial charge in [-0.3, -0.25) is 29.5 Å². The highest BCUT2D eigenvalue weighted by Gasteiger charge is 2.63. The molecule has 2 aromatic heterocycles. The smallest absolute Gasteiger partial charge is 0.328 e. The first-order valence-electron chi connectivity index (χ1n) is 19.0. The van der Waals surface area contributed by atoms with Crippen molar-refractivity contribution >= 4 is 63.9 Å². The molecule has 6 heterocycles. The zero-order valence-electron chi connectivity index (χ0n) is 31.1. The number of aromatic nitrogens is 3. The number of nitrogens with one attached hydrogen (secondary N) is 3. The number of urea groups is 1. The number of likely N-dealkylation sites (tertiary alicyclic amines) is 2. The van der Waals surface area contributed by atoms with E-state index in [1.165, 1.54) is 28.0 Å². The Morgan fingerprint density at radius 1 is 1.02 bits per heavy atom. The van der Waals surface area contributed by atoms with Gasteiger partial charge in [0, 0.05) is 75.1 Å². The van der Waals surface area contributed by atoms with Crippen molar-refractivity contribution < 1.29 is 28.0 Å². The number of hydrogen-bond acceptors (Lipinski definition) is 9. The first kappa shape index (κ1) is 36.8. The average molecular weight is 797 g/mol. The molecule has 14 nitrogen and oxygen atoms in total. The number of imidazole rings is 1. The molecule has 17 heteroatoms. The van der Waals surface area contributed by atoms with E-state index in [1.807, 2.05) is 24.3 Å². The van der Waals surface area contributed by atoms with Crippen LogP contribution in [-0.4, -0.2) is 113 Å². The van der Waals surface area contributed by atoms with Crippen LogP contribution in [0.15, 0.2) is 48.7 Å². The Morgan fingerprint density at radius 3 is 2.58 bits per heavy atom. The molecule has 1 saturated carbocycles. The summed E-state index contributed by atoms with van der Waals surface area (Å²) in [7, 11) is 1.80. The molecule has 3 saturated heterocycles. The van der Waals surface area contributed by atoms with Gasteiger partial charge in [0.25, 0.3) is 17.7 Å². The van der Waals surface area contributed by atoms with E-state index in [2.05, 4.69) is 37.7 Å². The van der Waals surface area contributed by atoms with Crippen molar-refractivity contribution in [1.82, 2.24) is 35.0 Å². The highest BCUT2D eigenvalue weighted by atomic mass is 35.5. The summed E-state index contributed by atoms with van der Waals surface area (Å²) in [6.45, 7) is 0.696. The summed E-state index contributed by atoms with van der Waals surface area (Å²) in [5, 5.41) is 13.5. The second-order valence-corrected chi connectivity index (χ2v) is 15.7. The van der Waals surface area contributed by atoms with Gasteiger partial charge in [0.1, 0.15) is 0 Å². The number of hydrogen-bond donors (Lipinski definition) is 3. The lowest BCUT2D eigenvalue weighted by atomic mass is 9.69. The summed E-state index contributed by atoms with van der Waals surface area (Å²) in [4.78, 5) is 61.3. The zero-order chi connectivity index (χ0) is 39.6. The summed E-state index contributed by atoms with van der Waals surface area (Å²) in [5.74, 6) is 2.96. The van der Waals surface area contributed by atoms with Gasteiger partial charge < -0.3 is 20.4 Å². The molecule has 0 atom stereocenters. The van der Waals surface area contributed by atoms with Crippen LogP contribution in [0.5, 0.6) is 0 Å². The van der Waals surface area contributed by atoms with Crippen LogP contribution in [0.4, 0.5) is 36.5 Å². The minimum atomic E-state index is -3.05. The van der Waals surface area contributed by atoms with Gasteiger partial charge in [0.15, 0.2) is 17.2 Å². The number of alkyl halides is 2. The van der Waals surface area contributed by atoms with Crippen molar-refractivity contribution in [1.29, 1.82) is 0 Å². The van der Waals surface area contributed by atoms with Crippen molar-refractivity contribution in [2.45, 2.75) is 44.1 Å². The molecule has 5 aliphatic rings. The fraction of sp³-hybridized carbons (Fsp3) is 0.400. The van der Waals surface area contributed by atoms with Gasteiger partial charge >= 0.3 is 6.03 Å². The van der Waals surface area contributed by atoms with Gasteiger partial charge in [-0.1, -0.05) is 29.5 Å². The fourth-order valence-corrected chi connectivity index (χ4v) is 8.43. The van der Waals surface area contributed by atoms with E-state index in [9.17, 15) is 19.2 Å². The Labute approximate surface area is 331 Å². The molecular formula is C40H39ClF2N10O4. The number of halogens is 3. The maximum absolute atomic E-state index is 15.9. The van der Waals surface area contributed by atoms with Crippen LogP contribution < -0.4 is 25.8 Å². The molecule has 1 spiro atoms. The average Bonchev–Trinajstić information content (AvgIpc) is 3.70. The summed E-state index contributed by atoms with van der Waals surface area (Å²) in [6.07, 6.45) is 4.49. The van der Waals surface area contributed by atoms with Gasteiger partial charge in [0.05, 0.1) is 41.1 Å². The van der Waals surface area contributed by atoms with Gasteiger partial charge in [-0.2, -0.15) is 0 Å². The number of rotatable bonds is 7. The molecule has 2 aromatic carbocycles. The van der Waals surface area contributed by atoms with Crippen LogP contribution in [0.1, 0.15) is 57.7 Å². The monoisotopic (exact) mass is 796 g/mol. The van der Waals surface area contributed by atoms with Crippen molar-refractivity contribution in [2.75, 3.05) is 68.0 Å². The number of fused-ring (bicyclic) bond motifs is 2. The van der Waals surface area contributed by atoms with Gasteiger partial charge in [-0.15, -0.1) is 5.10 Å². The predicted octanol–water partition coefficient (Wildman–Crippen LogP) is 4.29. The number of carbonyl (C=O) groups excluding carboxylic acids is 4. The fourth-order valence-electron chi connectivity index (χ4n) is 8.21. The zero-order valence-corrected chi connectivity index (χ0v) is 31.8. The molecule has 57 heavy (non-hydrogen) atoms. The van der Waals surface area contributed by atoms with Gasteiger partial charge in [0.2, 0.25) is 5.91 Å². The number of anilines is 4. The number of benzene rings is 2. The molecule has 4 fully saturated rings. The number of piperidine rings is 1. The van der Waals surface area contributed by atoms with Crippen LogP contribution >= 0.6 is 11.6 Å². The van der Waals surface area contributed by atoms with Crippen LogP contribution in [-0.2, 0) is 11.2 Å². The molecule has 294 valence electrons. The quantitative estimate of drug-likeness (QED) is 0.233. The summed E-state index contributed by atoms with van der Waals surface area (Å²) < 4.78 is 33.3. The largest absolute Gasteiger partial charge is 0.385 e. The highest BCUT2D eigenvalue weighted by Crippen LogP contribution is 2.50. The molecule has 0 unspecified atom stereocenters. The maximum atomic E-state index is 15.9. The molecule has 4 aliphatic heterocycles. The second kappa shape index (κ2) is 14.0. The van der Waals surface area contributed by atoms with Crippen LogP contribution in [0.3, 0.4) is 0 Å². The molecule has 1 aliphatic carbocycles. The molecule has 4 aromatic rings. The van der Waals surface area contributed by atoms with E-state index in [0.717, 1.165) is 35.3 Å². The Balaban J connectivity index is 0.849. The summed E-state index contributed by atoms with van der Waals surface area (Å²) >= 11 is 6.34. The van der Waals surface area contributed by atoms with Crippen LogP contribution in [0.25, 0.3) is 5.65 Å². The minimum absolute atomic E-state index is 0.0882. The third-order valence-electron chi connectivity index (χ3n) is 11.6. The first-order valence-corrected chi connectivity index (χ1v) is 19.4. The van der Waals surface area contributed by atoms with Crippen LogP contribution in [0, 0.1) is 17.3 Å². The van der Waals surface area contributed by atoms with Crippen molar-refractivity contribution in [2.24, 2.45) is 5.41 Å². The highest BCUT2D eigenvalue weighted by molar-refractivity contribution is 6.34. The number of imide groups is 1.